The smallest absolute Gasteiger partial charge is 0.414 e. The van der Waals surface area contributed by atoms with Crippen molar-refractivity contribution >= 4 is 34.4 Å². The van der Waals surface area contributed by atoms with Gasteiger partial charge < -0.3 is 20.1 Å². The van der Waals surface area contributed by atoms with E-state index in [4.69, 9.17) is 9.84 Å². The minimum Gasteiger partial charge on any atom is -0.465 e. The fraction of sp³-hybridized carbons (Fsp3) is 0.467. The second kappa shape index (κ2) is 7.26. The predicted octanol–water partition coefficient (Wildman–Crippen LogP) is 0.987. The van der Waals surface area contributed by atoms with Crippen molar-refractivity contribution < 1.29 is 28.0 Å². The summed E-state index contributed by atoms with van der Waals surface area (Å²) in [6.07, 6.45) is -2.46. The Bertz CT molecular complexity index is 706. The van der Waals surface area contributed by atoms with E-state index in [0.717, 1.165) is 0 Å². The van der Waals surface area contributed by atoms with E-state index in [-0.39, 0.29) is 13.1 Å². The number of hydrogen-bond donors (Lipinski definition) is 2. The zero-order chi connectivity index (χ0) is 18.0. The van der Waals surface area contributed by atoms with Crippen LogP contribution < -0.4 is 15.1 Å². The summed E-state index contributed by atoms with van der Waals surface area (Å²) in [6.45, 7) is 1.17. The number of amides is 2. The van der Waals surface area contributed by atoms with Gasteiger partial charge in [0.15, 0.2) is 0 Å². The van der Waals surface area contributed by atoms with Crippen molar-refractivity contribution in [3.8, 4) is 0 Å². The standard InChI is InChI=1S/C15H18FN3O5S/c16-12-7-10(1-2-13(12)18-3-5-25(23)6-4-18)19-9-11(24-15(19)22)8-17-14(20)21/h1-2,7,11,17H,3-6,8-9H2,(H,20,21)/t11-/m0/s1. The first-order valence-corrected chi connectivity index (χ1v) is 9.27. The molecule has 8 nitrogen and oxygen atoms in total. The number of halogens is 1. The molecule has 0 spiro atoms. The van der Waals surface area contributed by atoms with Crippen LogP contribution in [-0.2, 0) is 15.5 Å². The van der Waals surface area contributed by atoms with Gasteiger partial charge in [0.25, 0.3) is 0 Å². The highest BCUT2D eigenvalue weighted by molar-refractivity contribution is 7.85. The Kier molecular flexibility index (Phi) is 5.07. The minimum atomic E-state index is -1.20. The number of rotatable bonds is 4. The van der Waals surface area contributed by atoms with Crippen molar-refractivity contribution in [1.29, 1.82) is 0 Å². The van der Waals surface area contributed by atoms with E-state index in [0.29, 0.717) is 36.0 Å². The molecule has 0 saturated carbocycles. The molecule has 1 aromatic rings. The molecule has 0 bridgehead atoms. The van der Waals surface area contributed by atoms with Gasteiger partial charge in [-0.05, 0) is 18.2 Å². The summed E-state index contributed by atoms with van der Waals surface area (Å²) in [5.41, 5.74) is 0.766. The molecule has 3 rings (SSSR count). The summed E-state index contributed by atoms with van der Waals surface area (Å²) in [4.78, 5) is 25.5. The summed E-state index contributed by atoms with van der Waals surface area (Å²) >= 11 is 0. The minimum absolute atomic E-state index is 0.0247. The summed E-state index contributed by atoms with van der Waals surface area (Å²) in [7, 11) is -0.843. The Morgan fingerprint density at radius 1 is 1.40 bits per heavy atom. The highest BCUT2D eigenvalue weighted by Crippen LogP contribution is 2.28. The third-order valence-corrected chi connectivity index (χ3v) is 5.39. The molecule has 0 aromatic heterocycles. The second-order valence-corrected chi connectivity index (χ2v) is 7.47. The maximum Gasteiger partial charge on any atom is 0.414 e. The van der Waals surface area contributed by atoms with Crippen LogP contribution in [0.1, 0.15) is 0 Å². The lowest BCUT2D eigenvalue weighted by molar-refractivity contribution is 0.136. The summed E-state index contributed by atoms with van der Waals surface area (Å²) in [5.74, 6) is 0.556. The lowest BCUT2D eigenvalue weighted by atomic mass is 10.2. The molecule has 2 amide bonds. The van der Waals surface area contributed by atoms with E-state index >= 15 is 0 Å². The number of carboxylic acid groups (broad SMARTS) is 1. The van der Waals surface area contributed by atoms with Gasteiger partial charge in [-0.2, -0.15) is 0 Å². The summed E-state index contributed by atoms with van der Waals surface area (Å²) in [5, 5.41) is 10.7. The molecule has 2 aliphatic rings. The molecule has 0 aliphatic carbocycles. The normalized spacial score (nSPS) is 21.3. The van der Waals surface area contributed by atoms with E-state index in [1.807, 2.05) is 4.90 Å². The Morgan fingerprint density at radius 2 is 2.12 bits per heavy atom. The number of nitrogens with zero attached hydrogens (tertiary/aromatic N) is 2. The lowest BCUT2D eigenvalue weighted by Gasteiger charge is -2.29. The van der Waals surface area contributed by atoms with Gasteiger partial charge in [0.2, 0.25) is 0 Å². The molecule has 10 heteroatoms. The number of nitrogens with one attached hydrogen (secondary N) is 1. The monoisotopic (exact) mass is 371 g/mol. The van der Waals surface area contributed by atoms with Crippen LogP contribution in [0.5, 0.6) is 0 Å². The fourth-order valence-electron chi connectivity index (χ4n) is 2.84. The van der Waals surface area contributed by atoms with Gasteiger partial charge in [-0.15, -0.1) is 0 Å². The number of carbonyl (C=O) groups excluding carboxylic acids is 1. The van der Waals surface area contributed by atoms with Gasteiger partial charge in [0, 0.05) is 35.4 Å². The first kappa shape index (κ1) is 17.5. The maximum atomic E-state index is 14.5. The molecule has 25 heavy (non-hydrogen) atoms. The molecule has 0 unspecified atom stereocenters. The number of ether oxygens (including phenoxy) is 1. The summed E-state index contributed by atoms with van der Waals surface area (Å²) < 4.78 is 31.0. The quantitative estimate of drug-likeness (QED) is 0.819. The zero-order valence-corrected chi connectivity index (χ0v) is 14.1. The van der Waals surface area contributed by atoms with E-state index in [1.54, 1.807) is 12.1 Å². The maximum absolute atomic E-state index is 14.5. The van der Waals surface area contributed by atoms with E-state index in [9.17, 15) is 18.2 Å². The second-order valence-electron chi connectivity index (χ2n) is 5.77. The van der Waals surface area contributed by atoms with Gasteiger partial charge in [0.05, 0.1) is 24.5 Å². The van der Waals surface area contributed by atoms with Crippen LogP contribution >= 0.6 is 0 Å². The van der Waals surface area contributed by atoms with Crippen molar-refractivity contribution in [2.24, 2.45) is 0 Å². The van der Waals surface area contributed by atoms with Gasteiger partial charge in [-0.25, -0.2) is 14.0 Å². The Labute approximate surface area is 146 Å². The Hall–Kier alpha value is -2.36. The van der Waals surface area contributed by atoms with Gasteiger partial charge >= 0.3 is 12.2 Å². The lowest BCUT2D eigenvalue weighted by Crippen LogP contribution is -2.38. The van der Waals surface area contributed by atoms with Crippen LogP contribution in [0.2, 0.25) is 0 Å². The van der Waals surface area contributed by atoms with Crippen LogP contribution in [-0.4, -0.2) is 65.3 Å². The highest BCUT2D eigenvalue weighted by Gasteiger charge is 2.33. The molecule has 1 atom stereocenters. The molecule has 2 saturated heterocycles. The number of cyclic esters (lactones) is 1. The first-order chi connectivity index (χ1) is 11.9. The topological polar surface area (TPSA) is 99.2 Å². The molecule has 136 valence electrons. The molecular weight excluding hydrogens is 353 g/mol. The van der Waals surface area contributed by atoms with Crippen molar-refractivity contribution in [3.63, 3.8) is 0 Å². The molecule has 2 heterocycles. The van der Waals surface area contributed by atoms with E-state index in [2.05, 4.69) is 5.32 Å². The van der Waals surface area contributed by atoms with Crippen molar-refractivity contribution in [2.45, 2.75) is 6.10 Å². The summed E-state index contributed by atoms with van der Waals surface area (Å²) in [6, 6.07) is 4.47. The van der Waals surface area contributed by atoms with Crippen LogP contribution in [0.25, 0.3) is 0 Å². The third kappa shape index (κ3) is 4.01. The molecule has 2 aliphatic heterocycles. The van der Waals surface area contributed by atoms with Crippen molar-refractivity contribution in [1.82, 2.24) is 5.32 Å². The Balaban J connectivity index is 1.69. The Morgan fingerprint density at radius 3 is 2.76 bits per heavy atom. The molecule has 1 aromatic carbocycles. The number of hydrogen-bond acceptors (Lipinski definition) is 5. The average molecular weight is 371 g/mol. The molecule has 2 fully saturated rings. The number of benzene rings is 1. The molecular formula is C15H18FN3O5S. The fourth-order valence-corrected chi connectivity index (χ4v) is 3.89. The van der Waals surface area contributed by atoms with Crippen LogP contribution in [0.3, 0.4) is 0 Å². The molecule has 0 radical (unpaired) electrons. The van der Waals surface area contributed by atoms with Crippen LogP contribution in [0, 0.1) is 5.82 Å². The van der Waals surface area contributed by atoms with Gasteiger partial charge in [0.1, 0.15) is 11.9 Å². The number of carbonyl (C=O) groups is 2. The van der Waals surface area contributed by atoms with Crippen molar-refractivity contribution in [3.05, 3.63) is 24.0 Å². The largest absolute Gasteiger partial charge is 0.465 e. The van der Waals surface area contributed by atoms with E-state index in [1.165, 1.54) is 11.0 Å². The molecule has 2 N–H and O–H groups in total. The zero-order valence-electron chi connectivity index (χ0n) is 13.3. The highest BCUT2D eigenvalue weighted by atomic mass is 32.2. The third-order valence-electron chi connectivity index (χ3n) is 4.12. The van der Waals surface area contributed by atoms with E-state index < -0.39 is 34.9 Å². The average Bonchev–Trinajstić information content (AvgIpc) is 2.95. The van der Waals surface area contributed by atoms with Gasteiger partial charge in [-0.1, -0.05) is 0 Å². The van der Waals surface area contributed by atoms with Gasteiger partial charge in [-0.3, -0.25) is 9.11 Å². The van der Waals surface area contributed by atoms with Crippen molar-refractivity contribution in [2.75, 3.05) is 47.5 Å². The van der Waals surface area contributed by atoms with Crippen LogP contribution in [0.15, 0.2) is 18.2 Å². The SMILES string of the molecule is O=C(O)NC[C@H]1CN(c2ccc(N3CCS(=O)CC3)c(F)c2)C(=O)O1. The number of anilines is 2. The first-order valence-electron chi connectivity index (χ1n) is 7.78. The van der Waals surface area contributed by atoms with Crippen LogP contribution in [0.4, 0.5) is 25.4 Å². The predicted molar refractivity (Wildman–Crippen MR) is 90.1 cm³/mol.